The minimum atomic E-state index is 0.703. The molecule has 0 saturated carbocycles. The SMILES string of the molecule is CCc1nc(CN2CCc3[nH]c4ccc(OC)cc4c3C2)no1. The van der Waals surface area contributed by atoms with Gasteiger partial charge < -0.3 is 14.2 Å². The third kappa shape index (κ3) is 2.59. The van der Waals surface area contributed by atoms with Crippen LogP contribution in [-0.2, 0) is 25.9 Å². The molecule has 1 aromatic carbocycles. The van der Waals surface area contributed by atoms with Gasteiger partial charge in [-0.2, -0.15) is 4.98 Å². The van der Waals surface area contributed by atoms with Gasteiger partial charge in [0.25, 0.3) is 0 Å². The highest BCUT2D eigenvalue weighted by molar-refractivity contribution is 5.86. The van der Waals surface area contributed by atoms with Crippen molar-refractivity contribution in [3.05, 3.63) is 41.2 Å². The number of ether oxygens (including phenoxy) is 1. The second kappa shape index (κ2) is 5.70. The van der Waals surface area contributed by atoms with Crippen LogP contribution in [-0.4, -0.2) is 33.7 Å². The lowest BCUT2D eigenvalue weighted by molar-refractivity contribution is 0.235. The first-order valence-corrected chi connectivity index (χ1v) is 7.98. The maximum Gasteiger partial charge on any atom is 0.226 e. The van der Waals surface area contributed by atoms with E-state index in [1.54, 1.807) is 7.11 Å². The normalized spacial score (nSPS) is 15.0. The Labute approximate surface area is 134 Å². The number of aryl methyl sites for hydroxylation is 1. The van der Waals surface area contributed by atoms with Crippen molar-refractivity contribution < 1.29 is 9.26 Å². The van der Waals surface area contributed by atoms with E-state index in [0.717, 1.165) is 44.0 Å². The van der Waals surface area contributed by atoms with Crippen LogP contribution in [0.5, 0.6) is 5.75 Å². The molecule has 4 rings (SSSR count). The van der Waals surface area contributed by atoms with Gasteiger partial charge in [0, 0.05) is 42.5 Å². The fraction of sp³-hybridized carbons (Fsp3) is 0.412. The van der Waals surface area contributed by atoms with Crippen LogP contribution in [0, 0.1) is 0 Å². The Balaban J connectivity index is 1.60. The molecule has 0 aliphatic carbocycles. The van der Waals surface area contributed by atoms with Gasteiger partial charge in [0.1, 0.15) is 5.75 Å². The third-order valence-corrected chi connectivity index (χ3v) is 4.44. The predicted molar refractivity (Wildman–Crippen MR) is 86.3 cm³/mol. The zero-order valence-electron chi connectivity index (χ0n) is 13.4. The summed E-state index contributed by atoms with van der Waals surface area (Å²) < 4.78 is 10.6. The molecular weight excluding hydrogens is 292 g/mol. The summed E-state index contributed by atoms with van der Waals surface area (Å²) in [5, 5.41) is 5.30. The molecule has 23 heavy (non-hydrogen) atoms. The summed E-state index contributed by atoms with van der Waals surface area (Å²) in [5.41, 5.74) is 3.85. The summed E-state index contributed by atoms with van der Waals surface area (Å²) in [6.45, 7) is 4.62. The minimum Gasteiger partial charge on any atom is -0.497 e. The van der Waals surface area contributed by atoms with Crippen LogP contribution in [0.2, 0.25) is 0 Å². The maximum absolute atomic E-state index is 5.36. The molecular formula is C17H20N4O2. The number of aromatic nitrogens is 3. The highest BCUT2D eigenvalue weighted by Gasteiger charge is 2.22. The van der Waals surface area contributed by atoms with Gasteiger partial charge in [-0.1, -0.05) is 12.1 Å². The molecule has 0 atom stereocenters. The smallest absolute Gasteiger partial charge is 0.226 e. The average molecular weight is 312 g/mol. The highest BCUT2D eigenvalue weighted by atomic mass is 16.5. The first kappa shape index (κ1) is 14.3. The van der Waals surface area contributed by atoms with Gasteiger partial charge in [-0.25, -0.2) is 0 Å². The van der Waals surface area contributed by atoms with Crippen LogP contribution in [0.4, 0.5) is 0 Å². The lowest BCUT2D eigenvalue weighted by Crippen LogP contribution is -2.30. The van der Waals surface area contributed by atoms with Crippen molar-refractivity contribution in [2.24, 2.45) is 0 Å². The minimum absolute atomic E-state index is 0.703. The standard InChI is InChI=1S/C17H20N4O2/c1-3-17-19-16(20-23-17)10-21-7-6-15-13(9-21)12-8-11(22-2)4-5-14(12)18-15/h4-5,8,18H,3,6-7,9-10H2,1-2H3. The Hall–Kier alpha value is -2.34. The second-order valence-electron chi connectivity index (χ2n) is 5.91. The zero-order chi connectivity index (χ0) is 15.8. The molecule has 1 N–H and O–H groups in total. The van der Waals surface area contributed by atoms with E-state index in [9.17, 15) is 0 Å². The van der Waals surface area contributed by atoms with Gasteiger partial charge in [0.15, 0.2) is 5.82 Å². The Kier molecular flexibility index (Phi) is 3.53. The Bertz CT molecular complexity index is 836. The third-order valence-electron chi connectivity index (χ3n) is 4.44. The molecule has 0 spiro atoms. The number of hydrogen-bond acceptors (Lipinski definition) is 5. The van der Waals surface area contributed by atoms with Gasteiger partial charge >= 0.3 is 0 Å². The van der Waals surface area contributed by atoms with E-state index in [1.165, 1.54) is 22.2 Å². The zero-order valence-corrected chi connectivity index (χ0v) is 13.4. The summed E-state index contributed by atoms with van der Waals surface area (Å²) in [6.07, 6.45) is 1.78. The lowest BCUT2D eigenvalue weighted by atomic mass is 10.0. The van der Waals surface area contributed by atoms with Gasteiger partial charge in [0.2, 0.25) is 5.89 Å². The molecule has 1 aliphatic heterocycles. The summed E-state index contributed by atoms with van der Waals surface area (Å²) in [7, 11) is 1.70. The van der Waals surface area contributed by atoms with Crippen LogP contribution in [0.15, 0.2) is 22.7 Å². The monoisotopic (exact) mass is 312 g/mol. The molecule has 120 valence electrons. The predicted octanol–water partition coefficient (Wildman–Crippen LogP) is 2.68. The van der Waals surface area contributed by atoms with Crippen molar-refractivity contribution in [1.82, 2.24) is 20.0 Å². The van der Waals surface area contributed by atoms with Crippen molar-refractivity contribution in [3.63, 3.8) is 0 Å². The first-order chi connectivity index (χ1) is 11.3. The molecule has 0 saturated heterocycles. The van der Waals surface area contributed by atoms with Crippen LogP contribution < -0.4 is 4.74 Å². The topological polar surface area (TPSA) is 67.2 Å². The second-order valence-corrected chi connectivity index (χ2v) is 5.91. The number of fused-ring (bicyclic) bond motifs is 3. The van der Waals surface area contributed by atoms with Crippen molar-refractivity contribution >= 4 is 10.9 Å². The van der Waals surface area contributed by atoms with Crippen LogP contribution in [0.3, 0.4) is 0 Å². The van der Waals surface area contributed by atoms with Crippen LogP contribution in [0.25, 0.3) is 10.9 Å². The fourth-order valence-corrected chi connectivity index (χ4v) is 3.21. The average Bonchev–Trinajstić information content (AvgIpc) is 3.18. The number of benzene rings is 1. The van der Waals surface area contributed by atoms with E-state index in [2.05, 4.69) is 32.2 Å². The molecule has 0 fully saturated rings. The summed E-state index contributed by atoms with van der Waals surface area (Å²) in [4.78, 5) is 10.3. The number of nitrogens with one attached hydrogen (secondary N) is 1. The van der Waals surface area contributed by atoms with Gasteiger partial charge in [0.05, 0.1) is 13.7 Å². The van der Waals surface area contributed by atoms with Gasteiger partial charge in [-0.05, 0) is 23.8 Å². The number of rotatable bonds is 4. The number of methoxy groups -OCH3 is 1. The van der Waals surface area contributed by atoms with Gasteiger partial charge in [-0.15, -0.1) is 0 Å². The van der Waals surface area contributed by atoms with Crippen molar-refractivity contribution in [3.8, 4) is 5.75 Å². The van der Waals surface area contributed by atoms with Crippen molar-refractivity contribution in [2.45, 2.75) is 32.9 Å². The van der Waals surface area contributed by atoms with E-state index in [4.69, 9.17) is 9.26 Å². The molecule has 0 bridgehead atoms. The fourth-order valence-electron chi connectivity index (χ4n) is 3.21. The van der Waals surface area contributed by atoms with E-state index in [1.807, 2.05) is 13.0 Å². The number of H-pyrrole nitrogens is 1. The number of hydrogen-bond donors (Lipinski definition) is 1. The molecule has 3 heterocycles. The molecule has 1 aliphatic rings. The summed E-state index contributed by atoms with van der Waals surface area (Å²) in [6, 6.07) is 6.19. The summed E-state index contributed by atoms with van der Waals surface area (Å²) in [5.74, 6) is 2.36. The van der Waals surface area contributed by atoms with E-state index in [-0.39, 0.29) is 0 Å². The van der Waals surface area contributed by atoms with E-state index < -0.39 is 0 Å². The van der Waals surface area contributed by atoms with Gasteiger partial charge in [-0.3, -0.25) is 4.90 Å². The Morgan fingerprint density at radius 1 is 1.39 bits per heavy atom. The number of aromatic amines is 1. The quantitative estimate of drug-likeness (QED) is 0.802. The molecule has 6 heteroatoms. The maximum atomic E-state index is 5.36. The summed E-state index contributed by atoms with van der Waals surface area (Å²) >= 11 is 0. The van der Waals surface area contributed by atoms with Crippen molar-refractivity contribution in [2.75, 3.05) is 13.7 Å². The first-order valence-electron chi connectivity index (χ1n) is 7.98. The van der Waals surface area contributed by atoms with E-state index in [0.29, 0.717) is 5.89 Å². The van der Waals surface area contributed by atoms with Crippen molar-refractivity contribution in [1.29, 1.82) is 0 Å². The van der Waals surface area contributed by atoms with Crippen LogP contribution in [0.1, 0.15) is 29.9 Å². The highest BCUT2D eigenvalue weighted by Crippen LogP contribution is 2.30. The molecule has 6 nitrogen and oxygen atoms in total. The Morgan fingerprint density at radius 2 is 2.30 bits per heavy atom. The molecule has 0 radical (unpaired) electrons. The molecule has 3 aromatic rings. The Morgan fingerprint density at radius 3 is 3.09 bits per heavy atom. The molecule has 0 unspecified atom stereocenters. The molecule has 0 amide bonds. The number of nitrogens with zero attached hydrogens (tertiary/aromatic N) is 3. The lowest BCUT2D eigenvalue weighted by Gasteiger charge is -2.25. The molecule has 2 aromatic heterocycles. The van der Waals surface area contributed by atoms with E-state index >= 15 is 0 Å². The van der Waals surface area contributed by atoms with Crippen LogP contribution >= 0.6 is 0 Å². The largest absolute Gasteiger partial charge is 0.497 e.